The molecule has 5 heteroatoms. The minimum absolute atomic E-state index is 0. The van der Waals surface area contributed by atoms with Crippen molar-refractivity contribution in [3.63, 3.8) is 0 Å². The number of rotatable bonds is 0. The Labute approximate surface area is 299 Å². The third-order valence-corrected chi connectivity index (χ3v) is 10.3. The molecule has 6 aliphatic heterocycles. The maximum Gasteiger partial charge on any atom is 1.00 e. The number of fused-ring (bicyclic) bond motifs is 5. The molecule has 0 radical (unpaired) electrons. The monoisotopic (exact) mass is 642 g/mol. The quantitative estimate of drug-likeness (QED) is 0.123. The van der Waals surface area contributed by atoms with Crippen LogP contribution in [0.2, 0.25) is 0 Å². The van der Waals surface area contributed by atoms with Crippen LogP contribution in [0.3, 0.4) is 0 Å². The third-order valence-electron chi connectivity index (χ3n) is 8.12. The van der Waals surface area contributed by atoms with Gasteiger partial charge in [-0.3, -0.25) is 0 Å². The van der Waals surface area contributed by atoms with Crippen molar-refractivity contribution >= 4 is 23.5 Å². The summed E-state index contributed by atoms with van der Waals surface area (Å²) in [4.78, 5) is 0. The SMILES string of the molecule is [Li+].[c-]1cc2cc(c1)-c1ccc(cc1)CSCc1ccc(cc1)OCc1ccc(cc1)COc1ccc(cc1)CSCc1ccc-2cc1. The molecule has 6 aromatic rings. The number of hydrogen-bond acceptors (Lipinski definition) is 4. The van der Waals surface area contributed by atoms with Crippen LogP contribution in [-0.2, 0) is 36.2 Å². The Kier molecular flexibility index (Phi) is 11.5. The van der Waals surface area contributed by atoms with E-state index >= 15 is 0 Å². The Morgan fingerprint density at radius 1 is 0.383 bits per heavy atom. The molecule has 0 aliphatic carbocycles. The maximum atomic E-state index is 6.07. The first kappa shape index (κ1) is 33.1. The van der Waals surface area contributed by atoms with Gasteiger partial charge in [-0.05, 0) is 57.6 Å². The Hall–Kier alpha value is -3.78. The standard InChI is InChI=1S/C42H35O2S2.Li/c1-2-39-24-40(3-1)38-18-10-34(11-19-38)28-46-30-36-14-22-42(23-15-36)44-26-32-6-4-31(5-7-32)25-43-41-20-12-35(13-21-41)29-45-27-33-8-16-37(39)17-9-33;/h2-24H,25-30H2;/q-1;+1. The van der Waals surface area contributed by atoms with E-state index in [9.17, 15) is 0 Å². The number of ether oxygens (including phenoxy) is 2. The van der Waals surface area contributed by atoms with Gasteiger partial charge in [0.1, 0.15) is 24.7 Å². The van der Waals surface area contributed by atoms with Crippen molar-refractivity contribution in [3.8, 4) is 33.8 Å². The summed E-state index contributed by atoms with van der Waals surface area (Å²) < 4.78 is 12.1. The minimum atomic E-state index is 0. The Bertz CT molecular complexity index is 1720. The maximum absolute atomic E-state index is 6.07. The van der Waals surface area contributed by atoms with Gasteiger partial charge in [-0.15, -0.1) is 11.1 Å². The third kappa shape index (κ3) is 9.19. The fourth-order valence-electron chi connectivity index (χ4n) is 5.39. The van der Waals surface area contributed by atoms with Crippen LogP contribution in [0.25, 0.3) is 22.3 Å². The van der Waals surface area contributed by atoms with Crippen LogP contribution in [0.5, 0.6) is 11.5 Å². The molecule has 12 bridgehead atoms. The molecule has 0 spiro atoms. The van der Waals surface area contributed by atoms with Crippen LogP contribution in [-0.4, -0.2) is 0 Å². The van der Waals surface area contributed by atoms with E-state index in [1.807, 2.05) is 23.5 Å². The second kappa shape index (κ2) is 16.4. The first-order chi connectivity index (χ1) is 22.7. The normalized spacial score (nSPS) is 13.4. The van der Waals surface area contributed by atoms with Gasteiger partial charge in [-0.1, -0.05) is 108 Å². The Balaban J connectivity index is 0.00000386. The van der Waals surface area contributed by atoms with Crippen LogP contribution in [0, 0.1) is 6.07 Å². The van der Waals surface area contributed by atoms with E-state index in [1.54, 1.807) is 0 Å². The summed E-state index contributed by atoms with van der Waals surface area (Å²) in [7, 11) is 0. The average Bonchev–Trinajstić information content (AvgIpc) is 3.12. The molecule has 2 nitrogen and oxygen atoms in total. The second-order valence-electron chi connectivity index (χ2n) is 11.6. The van der Waals surface area contributed by atoms with Crippen molar-refractivity contribution < 1.29 is 28.3 Å². The van der Waals surface area contributed by atoms with Crippen molar-refractivity contribution in [2.24, 2.45) is 0 Å². The molecule has 0 atom stereocenters. The number of thioether (sulfide) groups is 2. The summed E-state index contributed by atoms with van der Waals surface area (Å²) in [5.74, 6) is 5.65. The van der Waals surface area contributed by atoms with Crippen LogP contribution < -0.4 is 28.3 Å². The molecule has 0 N–H and O–H groups in total. The van der Waals surface area contributed by atoms with E-state index in [4.69, 9.17) is 9.47 Å². The largest absolute Gasteiger partial charge is 1.00 e. The summed E-state index contributed by atoms with van der Waals surface area (Å²) in [5, 5.41) is 0. The van der Waals surface area contributed by atoms with Gasteiger partial charge in [0.15, 0.2) is 0 Å². The second-order valence-corrected chi connectivity index (χ2v) is 13.5. The molecule has 0 saturated heterocycles. The topological polar surface area (TPSA) is 18.5 Å². The average molecular weight is 643 g/mol. The zero-order valence-electron chi connectivity index (χ0n) is 26.7. The van der Waals surface area contributed by atoms with Gasteiger partial charge in [0.25, 0.3) is 0 Å². The predicted octanol–water partition coefficient (Wildman–Crippen LogP) is 8.16. The van der Waals surface area contributed by atoms with Gasteiger partial charge in [0.2, 0.25) is 0 Å². The van der Waals surface area contributed by atoms with E-state index in [1.165, 1.54) is 44.5 Å². The Morgan fingerprint density at radius 3 is 1.06 bits per heavy atom. The first-order valence-electron chi connectivity index (χ1n) is 15.6. The van der Waals surface area contributed by atoms with Crippen molar-refractivity contribution in [2.45, 2.75) is 36.2 Å². The van der Waals surface area contributed by atoms with Crippen LogP contribution in [0.15, 0.2) is 140 Å². The van der Waals surface area contributed by atoms with E-state index in [2.05, 4.69) is 146 Å². The van der Waals surface area contributed by atoms with Crippen LogP contribution >= 0.6 is 23.5 Å². The van der Waals surface area contributed by atoms with Crippen molar-refractivity contribution in [1.82, 2.24) is 0 Å². The zero-order valence-corrected chi connectivity index (χ0v) is 28.3. The van der Waals surface area contributed by atoms with Gasteiger partial charge in [-0.25, -0.2) is 0 Å². The zero-order chi connectivity index (χ0) is 31.0. The van der Waals surface area contributed by atoms with Gasteiger partial charge < -0.3 is 9.47 Å². The summed E-state index contributed by atoms with van der Waals surface area (Å²) in [5.41, 5.74) is 12.3. The predicted molar refractivity (Wildman–Crippen MR) is 194 cm³/mol. The number of benzene rings is 6. The molecular formula is C42H35LiO2S2. The summed E-state index contributed by atoms with van der Waals surface area (Å²) >= 11 is 3.86. The molecular weight excluding hydrogens is 608 g/mol. The number of hydrogen-bond donors (Lipinski definition) is 0. The molecule has 0 saturated carbocycles. The molecule has 0 amide bonds. The Morgan fingerprint density at radius 2 is 0.702 bits per heavy atom. The molecule has 0 unspecified atom stereocenters. The van der Waals surface area contributed by atoms with Crippen molar-refractivity contribution in [2.75, 3.05) is 0 Å². The molecule has 228 valence electrons. The van der Waals surface area contributed by atoms with E-state index in [0.29, 0.717) is 13.2 Å². The molecule has 0 aromatic heterocycles. The van der Waals surface area contributed by atoms with Gasteiger partial charge >= 0.3 is 18.9 Å². The molecule has 6 heterocycles. The smallest absolute Gasteiger partial charge is 0.489 e. The summed E-state index contributed by atoms with van der Waals surface area (Å²) in [6.07, 6.45) is 0. The molecule has 6 aromatic carbocycles. The van der Waals surface area contributed by atoms with Gasteiger partial charge in [0.05, 0.1) is 0 Å². The van der Waals surface area contributed by atoms with Crippen LogP contribution in [0.1, 0.15) is 33.4 Å². The van der Waals surface area contributed by atoms with Gasteiger partial charge in [-0.2, -0.15) is 47.8 Å². The molecule has 0 fully saturated rings. The van der Waals surface area contributed by atoms with Crippen molar-refractivity contribution in [1.29, 1.82) is 0 Å². The van der Waals surface area contributed by atoms with Gasteiger partial charge in [0, 0.05) is 23.0 Å². The molecule has 6 aliphatic rings. The molecule has 12 rings (SSSR count). The van der Waals surface area contributed by atoms with E-state index in [-0.39, 0.29) is 18.9 Å². The fourth-order valence-corrected chi connectivity index (χ4v) is 7.31. The fraction of sp³-hybridized carbons (Fsp3) is 0.143. The molecule has 47 heavy (non-hydrogen) atoms. The van der Waals surface area contributed by atoms with Crippen LogP contribution in [0.4, 0.5) is 0 Å². The first-order valence-corrected chi connectivity index (χ1v) is 17.9. The van der Waals surface area contributed by atoms with E-state index < -0.39 is 0 Å². The van der Waals surface area contributed by atoms with Crippen molar-refractivity contribution in [3.05, 3.63) is 179 Å². The van der Waals surface area contributed by atoms with E-state index in [0.717, 1.165) is 45.6 Å². The summed E-state index contributed by atoms with van der Waals surface area (Å²) in [6, 6.07) is 53.1. The minimum Gasteiger partial charge on any atom is -0.489 e. The summed E-state index contributed by atoms with van der Waals surface area (Å²) in [6.45, 7) is 1.08.